The molecule has 0 aliphatic carbocycles. The topological polar surface area (TPSA) is 65.8 Å². The van der Waals surface area contributed by atoms with Gasteiger partial charge in [0.25, 0.3) is 0 Å². The van der Waals surface area contributed by atoms with Crippen molar-refractivity contribution >= 4 is 17.4 Å². The van der Waals surface area contributed by atoms with Crippen molar-refractivity contribution < 1.29 is 4.79 Å². The van der Waals surface area contributed by atoms with Crippen molar-refractivity contribution in [3.05, 3.63) is 48.9 Å². The Morgan fingerprint density at radius 3 is 2.69 bits per heavy atom. The largest absolute Gasteiger partial charge is 0.360 e. The van der Waals surface area contributed by atoms with E-state index in [0.29, 0.717) is 0 Å². The molecule has 1 amide bonds. The molecule has 7 nitrogen and oxygen atoms in total. The summed E-state index contributed by atoms with van der Waals surface area (Å²) in [5, 5.41) is 3.31. The molecule has 3 aromatic rings. The molecular weight excluding hydrogens is 328 g/mol. The minimum absolute atomic E-state index is 0.112. The average Bonchev–Trinajstić information content (AvgIpc) is 3.06. The van der Waals surface area contributed by atoms with E-state index in [9.17, 15) is 4.79 Å². The predicted molar refractivity (Wildman–Crippen MR) is 101 cm³/mol. The van der Waals surface area contributed by atoms with Gasteiger partial charge in [-0.15, -0.1) is 0 Å². The van der Waals surface area contributed by atoms with Gasteiger partial charge < -0.3 is 15.1 Å². The highest BCUT2D eigenvalue weighted by molar-refractivity contribution is 5.83. The number of amides is 1. The number of piperazine rings is 1. The number of aromatic nitrogens is 3. The van der Waals surface area contributed by atoms with Gasteiger partial charge in [0.05, 0.1) is 12.7 Å². The molecule has 0 saturated carbocycles. The lowest BCUT2D eigenvalue weighted by molar-refractivity contribution is -0.130. The van der Waals surface area contributed by atoms with Gasteiger partial charge >= 0.3 is 0 Å². The van der Waals surface area contributed by atoms with Crippen LogP contribution in [0.2, 0.25) is 0 Å². The molecule has 1 N–H and O–H groups in total. The van der Waals surface area contributed by atoms with Crippen molar-refractivity contribution in [3.8, 4) is 11.3 Å². The standard InChI is InChI=1S/C19H22N6O/c1-23-9-11-24(12-10-23)17(26)14-21-19-18(15-5-3-2-4-6-15)22-16-13-20-7-8-25(16)19/h2-8,13,21H,9-12,14H2,1H3. The van der Waals surface area contributed by atoms with E-state index in [1.165, 1.54) is 0 Å². The number of nitrogens with one attached hydrogen (secondary N) is 1. The summed E-state index contributed by atoms with van der Waals surface area (Å²) in [5.74, 6) is 0.928. The van der Waals surface area contributed by atoms with Crippen LogP contribution in [-0.2, 0) is 4.79 Å². The maximum Gasteiger partial charge on any atom is 0.242 e. The van der Waals surface area contributed by atoms with Crippen molar-refractivity contribution in [2.75, 3.05) is 45.1 Å². The lowest BCUT2D eigenvalue weighted by atomic mass is 10.1. The maximum atomic E-state index is 12.6. The molecule has 0 radical (unpaired) electrons. The molecule has 1 aliphatic rings. The molecule has 0 spiro atoms. The van der Waals surface area contributed by atoms with Crippen LogP contribution in [0.4, 0.5) is 5.82 Å². The highest BCUT2D eigenvalue weighted by atomic mass is 16.2. The molecule has 4 rings (SSSR count). The van der Waals surface area contributed by atoms with Crippen LogP contribution < -0.4 is 5.32 Å². The highest BCUT2D eigenvalue weighted by Crippen LogP contribution is 2.28. The summed E-state index contributed by atoms with van der Waals surface area (Å²) in [7, 11) is 2.08. The number of likely N-dealkylation sites (N-methyl/N-ethyl adjacent to an activating group) is 1. The molecule has 1 saturated heterocycles. The second-order valence-corrected chi connectivity index (χ2v) is 6.52. The molecule has 1 aliphatic heterocycles. The summed E-state index contributed by atoms with van der Waals surface area (Å²) in [6.07, 6.45) is 5.30. The van der Waals surface area contributed by atoms with E-state index in [1.54, 1.807) is 12.4 Å². The van der Waals surface area contributed by atoms with Crippen LogP contribution in [0, 0.1) is 0 Å². The first kappa shape index (κ1) is 16.5. The van der Waals surface area contributed by atoms with E-state index in [-0.39, 0.29) is 12.5 Å². The van der Waals surface area contributed by atoms with Crippen molar-refractivity contribution in [1.29, 1.82) is 0 Å². The fourth-order valence-electron chi connectivity index (χ4n) is 3.20. The second-order valence-electron chi connectivity index (χ2n) is 6.52. The molecule has 0 unspecified atom stereocenters. The minimum Gasteiger partial charge on any atom is -0.360 e. The first-order valence-electron chi connectivity index (χ1n) is 8.80. The number of benzene rings is 1. The van der Waals surface area contributed by atoms with Crippen LogP contribution in [-0.4, -0.2) is 69.8 Å². The Bertz CT molecular complexity index is 899. The zero-order valence-electron chi connectivity index (χ0n) is 14.8. The summed E-state index contributed by atoms with van der Waals surface area (Å²) < 4.78 is 1.94. The molecule has 0 bridgehead atoms. The van der Waals surface area contributed by atoms with Crippen molar-refractivity contribution in [2.45, 2.75) is 0 Å². The maximum absolute atomic E-state index is 12.6. The first-order chi connectivity index (χ1) is 12.7. The van der Waals surface area contributed by atoms with Crippen molar-refractivity contribution in [2.24, 2.45) is 0 Å². The molecular formula is C19H22N6O. The van der Waals surface area contributed by atoms with Crippen molar-refractivity contribution in [1.82, 2.24) is 24.2 Å². The lowest BCUT2D eigenvalue weighted by Gasteiger charge is -2.32. The highest BCUT2D eigenvalue weighted by Gasteiger charge is 2.20. The number of carbonyl (C=O) groups excluding carboxylic acids is 1. The SMILES string of the molecule is CN1CCN(C(=O)CNc2c(-c3ccccc3)nc3cnccn23)CC1. The Hall–Kier alpha value is -2.93. The van der Waals surface area contributed by atoms with Gasteiger partial charge in [-0.1, -0.05) is 30.3 Å². The molecule has 0 atom stereocenters. The van der Waals surface area contributed by atoms with Gasteiger partial charge in [0.2, 0.25) is 5.91 Å². The molecule has 1 aromatic carbocycles. The monoisotopic (exact) mass is 350 g/mol. The molecule has 2 aromatic heterocycles. The van der Waals surface area contributed by atoms with Gasteiger partial charge in [-0.05, 0) is 7.05 Å². The van der Waals surface area contributed by atoms with Crippen LogP contribution in [0.3, 0.4) is 0 Å². The first-order valence-corrected chi connectivity index (χ1v) is 8.80. The molecule has 1 fully saturated rings. The predicted octanol–water partition coefficient (Wildman–Crippen LogP) is 1.58. The van der Waals surface area contributed by atoms with E-state index in [0.717, 1.165) is 48.9 Å². The number of anilines is 1. The van der Waals surface area contributed by atoms with Crippen LogP contribution in [0.5, 0.6) is 0 Å². The summed E-state index contributed by atoms with van der Waals surface area (Å²) in [5.41, 5.74) is 2.58. The van der Waals surface area contributed by atoms with E-state index in [1.807, 2.05) is 45.8 Å². The third-order valence-corrected chi connectivity index (χ3v) is 4.74. The van der Waals surface area contributed by atoms with Gasteiger partial charge in [0.1, 0.15) is 11.5 Å². The summed E-state index contributed by atoms with van der Waals surface area (Å²) >= 11 is 0. The zero-order valence-corrected chi connectivity index (χ0v) is 14.8. The number of hydrogen-bond acceptors (Lipinski definition) is 5. The number of hydrogen-bond donors (Lipinski definition) is 1. The number of nitrogens with zero attached hydrogens (tertiary/aromatic N) is 5. The van der Waals surface area contributed by atoms with Crippen LogP contribution in [0.25, 0.3) is 16.9 Å². The number of imidazole rings is 1. The third kappa shape index (κ3) is 3.25. The third-order valence-electron chi connectivity index (χ3n) is 4.74. The number of rotatable bonds is 4. The summed E-state index contributed by atoms with van der Waals surface area (Å²) in [6, 6.07) is 9.98. The van der Waals surface area contributed by atoms with E-state index in [4.69, 9.17) is 0 Å². The molecule has 134 valence electrons. The number of fused-ring (bicyclic) bond motifs is 1. The Morgan fingerprint density at radius 2 is 1.92 bits per heavy atom. The fourth-order valence-corrected chi connectivity index (χ4v) is 3.20. The smallest absolute Gasteiger partial charge is 0.242 e. The second kappa shape index (κ2) is 7.13. The Morgan fingerprint density at radius 1 is 1.15 bits per heavy atom. The Labute approximate surface area is 152 Å². The number of carbonyl (C=O) groups is 1. The normalized spacial score (nSPS) is 15.3. The van der Waals surface area contributed by atoms with E-state index >= 15 is 0 Å². The Balaban J connectivity index is 1.58. The summed E-state index contributed by atoms with van der Waals surface area (Å²) in [6.45, 7) is 3.64. The van der Waals surface area contributed by atoms with Gasteiger partial charge in [0.15, 0.2) is 5.65 Å². The Kier molecular flexibility index (Phi) is 4.53. The van der Waals surface area contributed by atoms with Crippen LogP contribution >= 0.6 is 0 Å². The van der Waals surface area contributed by atoms with Gasteiger partial charge in [0, 0.05) is 44.1 Å². The van der Waals surface area contributed by atoms with Crippen molar-refractivity contribution in [3.63, 3.8) is 0 Å². The van der Waals surface area contributed by atoms with Gasteiger partial charge in [-0.2, -0.15) is 0 Å². The van der Waals surface area contributed by atoms with Crippen LogP contribution in [0.15, 0.2) is 48.9 Å². The summed E-state index contributed by atoms with van der Waals surface area (Å²) in [4.78, 5) is 25.6. The average molecular weight is 350 g/mol. The van der Waals surface area contributed by atoms with E-state index in [2.05, 4.69) is 27.2 Å². The minimum atomic E-state index is 0.112. The molecule has 7 heteroatoms. The zero-order chi connectivity index (χ0) is 17.9. The van der Waals surface area contributed by atoms with E-state index < -0.39 is 0 Å². The van der Waals surface area contributed by atoms with Gasteiger partial charge in [-0.25, -0.2) is 4.98 Å². The fraction of sp³-hybridized carbons (Fsp3) is 0.316. The molecule has 3 heterocycles. The van der Waals surface area contributed by atoms with Gasteiger partial charge in [-0.3, -0.25) is 14.2 Å². The molecule has 26 heavy (non-hydrogen) atoms. The van der Waals surface area contributed by atoms with Crippen LogP contribution in [0.1, 0.15) is 0 Å². The quantitative estimate of drug-likeness (QED) is 0.774. The lowest BCUT2D eigenvalue weighted by Crippen LogP contribution is -2.48.